The van der Waals surface area contributed by atoms with Gasteiger partial charge >= 0.3 is 0 Å². The Labute approximate surface area is 143 Å². The zero-order chi connectivity index (χ0) is 16.2. The third kappa shape index (κ3) is 4.18. The molecule has 0 aliphatic carbocycles. The lowest BCUT2D eigenvalue weighted by Crippen LogP contribution is -2.46. The first-order valence-corrected chi connectivity index (χ1v) is 8.89. The summed E-state index contributed by atoms with van der Waals surface area (Å²) in [6, 6.07) is 8.33. The van der Waals surface area contributed by atoms with Crippen molar-refractivity contribution in [2.45, 2.75) is 44.2 Å². The van der Waals surface area contributed by atoms with Crippen molar-refractivity contribution in [3.8, 4) is 0 Å². The predicted molar refractivity (Wildman–Crippen MR) is 93.0 cm³/mol. The number of rotatable bonds is 4. The molecule has 5 heteroatoms. The summed E-state index contributed by atoms with van der Waals surface area (Å²) in [5, 5.41) is 0.767. The summed E-state index contributed by atoms with van der Waals surface area (Å²) in [5.74, 6) is 0.224. The standard InChI is InChI=1S/C18H25ClN2O2/c1-20(18(22)13-17-3-2-12-23-17)15-8-10-21(11-9-15)16-6-4-14(19)5-7-16/h4-7,15,17H,2-3,8-13H2,1H3/t17-/m0/s1. The van der Waals surface area contributed by atoms with Crippen LogP contribution in [0.15, 0.2) is 24.3 Å². The average Bonchev–Trinajstić information content (AvgIpc) is 3.08. The number of anilines is 1. The maximum atomic E-state index is 12.4. The molecular formula is C18H25ClN2O2. The molecule has 2 aliphatic rings. The van der Waals surface area contributed by atoms with E-state index in [2.05, 4.69) is 17.0 Å². The highest BCUT2D eigenvalue weighted by atomic mass is 35.5. The molecule has 1 amide bonds. The van der Waals surface area contributed by atoms with Crippen LogP contribution < -0.4 is 4.90 Å². The van der Waals surface area contributed by atoms with Gasteiger partial charge in [-0.3, -0.25) is 4.79 Å². The lowest BCUT2D eigenvalue weighted by molar-refractivity contribution is -0.134. The Morgan fingerprint density at radius 2 is 1.96 bits per heavy atom. The molecule has 1 aromatic rings. The van der Waals surface area contributed by atoms with Gasteiger partial charge in [0.05, 0.1) is 12.5 Å². The molecular weight excluding hydrogens is 312 g/mol. The SMILES string of the molecule is CN(C(=O)C[C@@H]1CCCO1)C1CCN(c2ccc(Cl)cc2)CC1. The Kier molecular flexibility index (Phi) is 5.44. The monoisotopic (exact) mass is 336 g/mol. The minimum absolute atomic E-state index is 0.138. The molecule has 0 unspecified atom stereocenters. The number of piperidine rings is 1. The summed E-state index contributed by atoms with van der Waals surface area (Å²) in [6.45, 7) is 2.76. The van der Waals surface area contributed by atoms with Gasteiger partial charge in [-0.05, 0) is 49.9 Å². The normalized spacial score (nSPS) is 22.3. The number of carbonyl (C=O) groups is 1. The quantitative estimate of drug-likeness (QED) is 0.845. The number of halogens is 1. The fourth-order valence-electron chi connectivity index (χ4n) is 3.51. The van der Waals surface area contributed by atoms with Crippen LogP contribution in [0.25, 0.3) is 0 Å². The summed E-state index contributed by atoms with van der Waals surface area (Å²) in [6.07, 6.45) is 4.80. The zero-order valence-electron chi connectivity index (χ0n) is 13.7. The van der Waals surface area contributed by atoms with Crippen LogP contribution in [-0.4, -0.2) is 49.7 Å². The number of amides is 1. The van der Waals surface area contributed by atoms with Crippen molar-refractivity contribution >= 4 is 23.2 Å². The highest BCUT2D eigenvalue weighted by molar-refractivity contribution is 6.30. The van der Waals surface area contributed by atoms with Gasteiger partial charge in [0, 0.05) is 43.5 Å². The van der Waals surface area contributed by atoms with Crippen LogP contribution in [-0.2, 0) is 9.53 Å². The molecule has 2 saturated heterocycles. The van der Waals surface area contributed by atoms with Gasteiger partial charge in [0.1, 0.15) is 0 Å². The Balaban J connectivity index is 1.49. The molecule has 23 heavy (non-hydrogen) atoms. The number of hydrogen-bond donors (Lipinski definition) is 0. The largest absolute Gasteiger partial charge is 0.378 e. The number of carbonyl (C=O) groups excluding carboxylic acids is 1. The van der Waals surface area contributed by atoms with Gasteiger partial charge < -0.3 is 14.5 Å². The van der Waals surface area contributed by atoms with Crippen LogP contribution in [0.4, 0.5) is 5.69 Å². The van der Waals surface area contributed by atoms with Crippen molar-refractivity contribution in [3.05, 3.63) is 29.3 Å². The molecule has 126 valence electrons. The molecule has 2 heterocycles. The average molecular weight is 337 g/mol. The molecule has 0 radical (unpaired) electrons. The second kappa shape index (κ2) is 7.54. The molecule has 2 fully saturated rings. The molecule has 0 aromatic heterocycles. The number of benzene rings is 1. The van der Waals surface area contributed by atoms with Gasteiger partial charge in [-0.2, -0.15) is 0 Å². The van der Waals surface area contributed by atoms with Crippen LogP contribution in [0.2, 0.25) is 5.02 Å². The van der Waals surface area contributed by atoms with Crippen molar-refractivity contribution in [1.82, 2.24) is 4.90 Å². The molecule has 0 spiro atoms. The van der Waals surface area contributed by atoms with E-state index in [0.29, 0.717) is 12.5 Å². The Bertz CT molecular complexity index is 520. The second-order valence-corrected chi connectivity index (χ2v) is 6.97. The molecule has 0 N–H and O–H groups in total. The topological polar surface area (TPSA) is 32.8 Å². The fourth-order valence-corrected chi connectivity index (χ4v) is 3.64. The lowest BCUT2D eigenvalue weighted by Gasteiger charge is -2.38. The van der Waals surface area contributed by atoms with E-state index in [-0.39, 0.29) is 12.0 Å². The highest BCUT2D eigenvalue weighted by Crippen LogP contribution is 2.24. The minimum atomic E-state index is 0.138. The number of hydrogen-bond acceptors (Lipinski definition) is 3. The first-order chi connectivity index (χ1) is 11.1. The van der Waals surface area contributed by atoms with Crippen LogP contribution in [0.5, 0.6) is 0 Å². The third-order valence-corrected chi connectivity index (χ3v) is 5.28. The molecule has 1 atom stereocenters. The smallest absolute Gasteiger partial charge is 0.225 e. The van der Waals surface area contributed by atoms with Gasteiger partial charge in [-0.15, -0.1) is 0 Å². The molecule has 0 bridgehead atoms. The Morgan fingerprint density at radius 1 is 1.26 bits per heavy atom. The Morgan fingerprint density at radius 3 is 2.57 bits per heavy atom. The molecule has 0 saturated carbocycles. The fraction of sp³-hybridized carbons (Fsp3) is 0.611. The second-order valence-electron chi connectivity index (χ2n) is 6.54. The van der Waals surface area contributed by atoms with Crippen LogP contribution in [0.3, 0.4) is 0 Å². The van der Waals surface area contributed by atoms with E-state index in [9.17, 15) is 4.79 Å². The van der Waals surface area contributed by atoms with Crippen molar-refractivity contribution in [2.24, 2.45) is 0 Å². The van der Waals surface area contributed by atoms with Crippen LogP contribution >= 0.6 is 11.6 Å². The number of nitrogens with zero attached hydrogens (tertiary/aromatic N) is 2. The summed E-state index contributed by atoms with van der Waals surface area (Å²) in [4.78, 5) is 16.7. The van der Waals surface area contributed by atoms with E-state index >= 15 is 0 Å². The third-order valence-electron chi connectivity index (χ3n) is 5.02. The molecule has 1 aromatic carbocycles. The van der Waals surface area contributed by atoms with E-state index in [1.807, 2.05) is 24.1 Å². The summed E-state index contributed by atoms with van der Waals surface area (Å²) in [5.41, 5.74) is 1.21. The lowest BCUT2D eigenvalue weighted by atomic mass is 10.0. The maximum Gasteiger partial charge on any atom is 0.225 e. The van der Waals surface area contributed by atoms with Gasteiger partial charge in [-0.1, -0.05) is 11.6 Å². The number of ether oxygens (including phenoxy) is 1. The first kappa shape index (κ1) is 16.6. The highest BCUT2D eigenvalue weighted by Gasteiger charge is 2.28. The predicted octanol–water partition coefficient (Wildman–Crippen LogP) is 3.34. The Hall–Kier alpha value is -1.26. The van der Waals surface area contributed by atoms with Gasteiger partial charge in [0.15, 0.2) is 0 Å². The van der Waals surface area contributed by atoms with Crippen LogP contribution in [0.1, 0.15) is 32.1 Å². The van der Waals surface area contributed by atoms with Crippen molar-refractivity contribution in [2.75, 3.05) is 31.6 Å². The molecule has 2 aliphatic heterocycles. The van der Waals surface area contributed by atoms with Gasteiger partial charge in [-0.25, -0.2) is 0 Å². The van der Waals surface area contributed by atoms with Gasteiger partial charge in [0.25, 0.3) is 0 Å². The van der Waals surface area contributed by atoms with E-state index in [1.165, 1.54) is 5.69 Å². The summed E-state index contributed by atoms with van der Waals surface area (Å²) in [7, 11) is 1.94. The maximum absolute atomic E-state index is 12.4. The summed E-state index contributed by atoms with van der Waals surface area (Å²) >= 11 is 5.95. The summed E-state index contributed by atoms with van der Waals surface area (Å²) < 4.78 is 5.58. The van der Waals surface area contributed by atoms with Gasteiger partial charge in [0.2, 0.25) is 5.91 Å². The van der Waals surface area contributed by atoms with Crippen molar-refractivity contribution in [1.29, 1.82) is 0 Å². The van der Waals surface area contributed by atoms with E-state index in [1.54, 1.807) is 0 Å². The zero-order valence-corrected chi connectivity index (χ0v) is 14.5. The molecule has 4 nitrogen and oxygen atoms in total. The minimum Gasteiger partial charge on any atom is -0.378 e. The first-order valence-electron chi connectivity index (χ1n) is 8.51. The van der Waals surface area contributed by atoms with Crippen LogP contribution in [0, 0.1) is 0 Å². The molecule has 3 rings (SSSR count). The van der Waals surface area contributed by atoms with E-state index < -0.39 is 0 Å². The van der Waals surface area contributed by atoms with Crippen molar-refractivity contribution < 1.29 is 9.53 Å². The van der Waals surface area contributed by atoms with Crippen molar-refractivity contribution in [3.63, 3.8) is 0 Å². The van der Waals surface area contributed by atoms with E-state index in [0.717, 1.165) is 50.4 Å². The van der Waals surface area contributed by atoms with E-state index in [4.69, 9.17) is 16.3 Å².